The average molecular weight is 271 g/mol. The minimum atomic E-state index is 0.170. The van der Waals surface area contributed by atoms with Crippen LogP contribution >= 0.6 is 0 Å². The summed E-state index contributed by atoms with van der Waals surface area (Å²) in [7, 11) is 0. The van der Waals surface area contributed by atoms with Gasteiger partial charge in [-0.05, 0) is 56.6 Å². The standard InChI is InChI=1S/C19H29N/c1-14(2)18(13-20-19(3,4)5)12-15-7-6-8-17(11-15)16-9-10-16/h6-8,11-12,14,16,20H,9-10,13H2,1-5H3/b18-12+. The van der Waals surface area contributed by atoms with Crippen molar-refractivity contribution < 1.29 is 0 Å². The number of hydrogen-bond acceptors (Lipinski definition) is 1. The Kier molecular flexibility index (Phi) is 4.70. The number of benzene rings is 1. The van der Waals surface area contributed by atoms with E-state index in [1.165, 1.54) is 29.5 Å². The highest BCUT2D eigenvalue weighted by molar-refractivity contribution is 5.55. The van der Waals surface area contributed by atoms with Crippen LogP contribution in [0.25, 0.3) is 6.08 Å². The smallest absolute Gasteiger partial charge is 0.0175 e. The van der Waals surface area contributed by atoms with E-state index in [2.05, 4.69) is 70.3 Å². The van der Waals surface area contributed by atoms with Crippen LogP contribution in [-0.4, -0.2) is 12.1 Å². The van der Waals surface area contributed by atoms with Gasteiger partial charge in [0.15, 0.2) is 0 Å². The molecule has 1 saturated carbocycles. The molecule has 0 spiro atoms. The lowest BCUT2D eigenvalue weighted by molar-refractivity contribution is 0.437. The summed E-state index contributed by atoms with van der Waals surface area (Å²) < 4.78 is 0. The molecular formula is C19H29N. The minimum absolute atomic E-state index is 0.170. The molecule has 0 aromatic heterocycles. The number of hydrogen-bond donors (Lipinski definition) is 1. The lowest BCUT2D eigenvalue weighted by Gasteiger charge is -2.23. The van der Waals surface area contributed by atoms with Gasteiger partial charge in [-0.15, -0.1) is 0 Å². The third-order valence-electron chi connectivity index (χ3n) is 3.88. The van der Waals surface area contributed by atoms with E-state index < -0.39 is 0 Å². The molecule has 1 nitrogen and oxygen atoms in total. The molecule has 110 valence electrons. The van der Waals surface area contributed by atoms with Gasteiger partial charge in [-0.2, -0.15) is 0 Å². The van der Waals surface area contributed by atoms with Crippen molar-refractivity contribution in [2.24, 2.45) is 5.92 Å². The Morgan fingerprint density at radius 1 is 1.30 bits per heavy atom. The molecule has 1 heteroatoms. The second kappa shape index (κ2) is 6.13. The van der Waals surface area contributed by atoms with E-state index >= 15 is 0 Å². The lowest BCUT2D eigenvalue weighted by Crippen LogP contribution is -2.37. The van der Waals surface area contributed by atoms with Gasteiger partial charge in [0.05, 0.1) is 0 Å². The molecule has 0 heterocycles. The van der Waals surface area contributed by atoms with Crippen LogP contribution in [0.2, 0.25) is 0 Å². The van der Waals surface area contributed by atoms with E-state index in [0.29, 0.717) is 5.92 Å². The predicted molar refractivity (Wildman–Crippen MR) is 89.0 cm³/mol. The van der Waals surface area contributed by atoms with Gasteiger partial charge in [0, 0.05) is 12.1 Å². The second-order valence-corrected chi connectivity index (χ2v) is 7.42. The zero-order valence-corrected chi connectivity index (χ0v) is 13.7. The fourth-order valence-corrected chi connectivity index (χ4v) is 2.32. The minimum Gasteiger partial charge on any atom is -0.308 e. The Morgan fingerprint density at radius 2 is 2.00 bits per heavy atom. The van der Waals surface area contributed by atoms with Gasteiger partial charge in [-0.25, -0.2) is 0 Å². The zero-order chi connectivity index (χ0) is 14.8. The zero-order valence-electron chi connectivity index (χ0n) is 13.7. The largest absolute Gasteiger partial charge is 0.308 e. The second-order valence-electron chi connectivity index (χ2n) is 7.42. The predicted octanol–water partition coefficient (Wildman–Crippen LogP) is 4.99. The quantitative estimate of drug-likeness (QED) is 0.795. The van der Waals surface area contributed by atoms with E-state index in [4.69, 9.17) is 0 Å². The molecule has 1 aliphatic rings. The molecule has 2 rings (SSSR count). The summed E-state index contributed by atoms with van der Waals surface area (Å²) in [4.78, 5) is 0. The maximum absolute atomic E-state index is 3.60. The first-order valence-electron chi connectivity index (χ1n) is 7.90. The number of rotatable bonds is 5. The van der Waals surface area contributed by atoms with Crippen molar-refractivity contribution in [3.8, 4) is 0 Å². The van der Waals surface area contributed by atoms with Crippen molar-refractivity contribution in [2.45, 2.75) is 58.9 Å². The van der Waals surface area contributed by atoms with Crippen molar-refractivity contribution in [1.82, 2.24) is 5.32 Å². The van der Waals surface area contributed by atoms with Crippen molar-refractivity contribution in [3.05, 3.63) is 41.0 Å². The fraction of sp³-hybridized carbons (Fsp3) is 0.579. The molecule has 1 aliphatic carbocycles. The molecule has 1 aromatic carbocycles. The van der Waals surface area contributed by atoms with Crippen molar-refractivity contribution in [2.75, 3.05) is 6.54 Å². The van der Waals surface area contributed by atoms with Gasteiger partial charge in [-0.1, -0.05) is 49.8 Å². The maximum atomic E-state index is 3.60. The Hall–Kier alpha value is -1.08. The summed E-state index contributed by atoms with van der Waals surface area (Å²) in [5, 5.41) is 3.60. The van der Waals surface area contributed by atoms with Crippen LogP contribution in [0.4, 0.5) is 0 Å². The monoisotopic (exact) mass is 271 g/mol. The molecular weight excluding hydrogens is 242 g/mol. The van der Waals surface area contributed by atoms with Gasteiger partial charge in [-0.3, -0.25) is 0 Å². The Balaban J connectivity index is 2.13. The van der Waals surface area contributed by atoms with Crippen LogP contribution in [0.1, 0.15) is 64.5 Å². The van der Waals surface area contributed by atoms with Gasteiger partial charge in [0.1, 0.15) is 0 Å². The van der Waals surface area contributed by atoms with E-state index in [1.807, 2.05) is 0 Å². The normalized spacial score (nSPS) is 16.8. The van der Waals surface area contributed by atoms with Gasteiger partial charge in [0.2, 0.25) is 0 Å². The number of nitrogens with one attached hydrogen (secondary N) is 1. The molecule has 1 fully saturated rings. The molecule has 1 N–H and O–H groups in total. The summed E-state index contributed by atoms with van der Waals surface area (Å²) in [5.41, 5.74) is 4.52. The first-order chi connectivity index (χ1) is 9.35. The molecule has 0 radical (unpaired) electrons. The first-order valence-corrected chi connectivity index (χ1v) is 7.90. The van der Waals surface area contributed by atoms with Gasteiger partial charge in [0.25, 0.3) is 0 Å². The Bertz CT molecular complexity index is 473. The van der Waals surface area contributed by atoms with Crippen molar-refractivity contribution in [1.29, 1.82) is 0 Å². The third-order valence-corrected chi connectivity index (χ3v) is 3.88. The molecule has 0 amide bonds. The molecule has 0 aliphatic heterocycles. The molecule has 1 aromatic rings. The SMILES string of the molecule is CC(C)/C(=C/c1cccc(C2CC2)c1)CNC(C)(C)C. The van der Waals surface area contributed by atoms with Crippen LogP contribution in [0, 0.1) is 5.92 Å². The van der Waals surface area contributed by atoms with E-state index in [9.17, 15) is 0 Å². The van der Waals surface area contributed by atoms with Crippen molar-refractivity contribution in [3.63, 3.8) is 0 Å². The first kappa shape index (κ1) is 15.3. The summed E-state index contributed by atoms with van der Waals surface area (Å²) in [5.74, 6) is 1.41. The fourth-order valence-electron chi connectivity index (χ4n) is 2.32. The van der Waals surface area contributed by atoms with E-state index in [1.54, 1.807) is 0 Å². The third kappa shape index (κ3) is 4.79. The lowest BCUT2D eigenvalue weighted by atomic mass is 9.97. The Morgan fingerprint density at radius 3 is 2.55 bits per heavy atom. The van der Waals surface area contributed by atoms with E-state index in [0.717, 1.165) is 12.5 Å². The Labute approximate surface area is 124 Å². The van der Waals surface area contributed by atoms with Crippen LogP contribution in [0.5, 0.6) is 0 Å². The van der Waals surface area contributed by atoms with Gasteiger partial charge < -0.3 is 5.32 Å². The summed E-state index contributed by atoms with van der Waals surface area (Å²) in [6.45, 7) is 12.2. The van der Waals surface area contributed by atoms with Crippen LogP contribution in [0.3, 0.4) is 0 Å². The van der Waals surface area contributed by atoms with Crippen LogP contribution in [0.15, 0.2) is 29.8 Å². The highest BCUT2D eigenvalue weighted by Crippen LogP contribution is 2.40. The topological polar surface area (TPSA) is 12.0 Å². The van der Waals surface area contributed by atoms with Crippen molar-refractivity contribution >= 4 is 6.08 Å². The van der Waals surface area contributed by atoms with Crippen LogP contribution < -0.4 is 5.32 Å². The molecule has 0 atom stereocenters. The molecule has 0 bridgehead atoms. The highest BCUT2D eigenvalue weighted by Gasteiger charge is 2.23. The molecule has 0 unspecified atom stereocenters. The average Bonchev–Trinajstić information content (AvgIpc) is 3.17. The highest BCUT2D eigenvalue weighted by atomic mass is 14.9. The van der Waals surface area contributed by atoms with Crippen LogP contribution in [-0.2, 0) is 0 Å². The van der Waals surface area contributed by atoms with Gasteiger partial charge >= 0.3 is 0 Å². The molecule has 0 saturated heterocycles. The summed E-state index contributed by atoms with van der Waals surface area (Å²) >= 11 is 0. The van der Waals surface area contributed by atoms with E-state index in [-0.39, 0.29) is 5.54 Å². The summed E-state index contributed by atoms with van der Waals surface area (Å²) in [6.07, 6.45) is 5.11. The molecule has 20 heavy (non-hydrogen) atoms. The maximum Gasteiger partial charge on any atom is 0.0175 e. The summed E-state index contributed by atoms with van der Waals surface area (Å²) in [6, 6.07) is 9.08.